The van der Waals surface area contributed by atoms with Gasteiger partial charge in [-0.05, 0) is 30.7 Å². The summed E-state index contributed by atoms with van der Waals surface area (Å²) >= 11 is 0. The Labute approximate surface area is 79.7 Å². The van der Waals surface area contributed by atoms with Gasteiger partial charge in [-0.15, -0.1) is 0 Å². The molecule has 1 heteroatoms. The van der Waals surface area contributed by atoms with E-state index in [1.54, 1.807) is 0 Å². The van der Waals surface area contributed by atoms with Gasteiger partial charge in [0.15, 0.2) is 0 Å². The van der Waals surface area contributed by atoms with Crippen molar-refractivity contribution >= 4 is 0 Å². The van der Waals surface area contributed by atoms with Gasteiger partial charge in [-0.1, -0.05) is 30.3 Å². The first-order valence-electron chi connectivity index (χ1n) is 5.07. The van der Waals surface area contributed by atoms with Gasteiger partial charge in [-0.3, -0.25) is 0 Å². The van der Waals surface area contributed by atoms with E-state index in [1.807, 2.05) is 0 Å². The molecule has 1 fully saturated rings. The van der Waals surface area contributed by atoms with Crippen LogP contribution in [-0.4, -0.2) is 13.2 Å². The quantitative estimate of drug-likeness (QED) is 0.627. The fraction of sp³-hybridized carbons (Fsp3) is 0.500. The Balaban J connectivity index is 1.61. The van der Waals surface area contributed by atoms with E-state index in [0.29, 0.717) is 0 Å². The minimum absolute atomic E-state index is 0.876. The van der Waals surface area contributed by atoms with Crippen molar-refractivity contribution < 1.29 is 4.74 Å². The molecule has 0 saturated heterocycles. The molecule has 0 heterocycles. The Kier molecular flexibility index (Phi) is 2.98. The van der Waals surface area contributed by atoms with Crippen LogP contribution in [0.25, 0.3) is 0 Å². The molecule has 1 aromatic rings. The third kappa shape index (κ3) is 3.19. The summed E-state index contributed by atoms with van der Waals surface area (Å²) in [4.78, 5) is 0. The van der Waals surface area contributed by atoms with Gasteiger partial charge in [0.25, 0.3) is 0 Å². The van der Waals surface area contributed by atoms with Crippen molar-refractivity contribution in [3.05, 3.63) is 35.9 Å². The Morgan fingerprint density at radius 3 is 2.62 bits per heavy atom. The highest BCUT2D eigenvalue weighted by molar-refractivity contribution is 5.14. The Morgan fingerprint density at radius 2 is 1.92 bits per heavy atom. The van der Waals surface area contributed by atoms with Gasteiger partial charge in [0, 0.05) is 6.61 Å². The smallest absolute Gasteiger partial charge is 0.0506 e. The molecular weight excluding hydrogens is 160 g/mol. The minimum atomic E-state index is 0.876. The molecule has 0 radical (unpaired) electrons. The van der Waals surface area contributed by atoms with Crippen LogP contribution in [-0.2, 0) is 11.2 Å². The summed E-state index contributed by atoms with van der Waals surface area (Å²) in [5.74, 6) is 0.885. The average Bonchev–Trinajstić information content (AvgIpc) is 2.98. The van der Waals surface area contributed by atoms with Crippen LogP contribution < -0.4 is 0 Å². The van der Waals surface area contributed by atoms with Crippen LogP contribution in [0.5, 0.6) is 0 Å². The number of hydrogen-bond donors (Lipinski definition) is 0. The Hall–Kier alpha value is -0.820. The summed E-state index contributed by atoms with van der Waals surface area (Å²) in [5.41, 5.74) is 1.37. The zero-order chi connectivity index (χ0) is 8.93. The molecule has 2 rings (SSSR count). The van der Waals surface area contributed by atoms with Crippen molar-refractivity contribution in [2.45, 2.75) is 19.3 Å². The first-order chi connectivity index (χ1) is 6.45. The van der Waals surface area contributed by atoms with Gasteiger partial charge in [-0.25, -0.2) is 0 Å². The molecule has 0 atom stereocenters. The van der Waals surface area contributed by atoms with Crippen LogP contribution in [0, 0.1) is 5.92 Å². The topological polar surface area (TPSA) is 9.23 Å². The Morgan fingerprint density at radius 1 is 1.15 bits per heavy atom. The van der Waals surface area contributed by atoms with Crippen LogP contribution in [0.2, 0.25) is 0 Å². The van der Waals surface area contributed by atoms with Gasteiger partial charge in [0.1, 0.15) is 0 Å². The molecule has 0 N–H and O–H groups in total. The van der Waals surface area contributed by atoms with E-state index in [0.717, 1.165) is 25.6 Å². The maximum absolute atomic E-state index is 5.56. The normalized spacial score (nSPS) is 16.0. The molecule has 0 unspecified atom stereocenters. The maximum atomic E-state index is 5.56. The van der Waals surface area contributed by atoms with Crippen LogP contribution in [0.4, 0.5) is 0 Å². The lowest BCUT2D eigenvalue weighted by Gasteiger charge is -2.02. The molecule has 13 heavy (non-hydrogen) atoms. The lowest BCUT2D eigenvalue weighted by molar-refractivity contribution is 0.127. The zero-order valence-electron chi connectivity index (χ0n) is 7.91. The van der Waals surface area contributed by atoms with E-state index in [2.05, 4.69) is 30.3 Å². The minimum Gasteiger partial charge on any atom is -0.381 e. The molecule has 0 bridgehead atoms. The third-order valence-electron chi connectivity index (χ3n) is 2.43. The highest BCUT2D eigenvalue weighted by atomic mass is 16.5. The fourth-order valence-electron chi connectivity index (χ4n) is 1.37. The van der Waals surface area contributed by atoms with Gasteiger partial charge in [0.2, 0.25) is 0 Å². The fourth-order valence-corrected chi connectivity index (χ4v) is 1.37. The van der Waals surface area contributed by atoms with Crippen molar-refractivity contribution in [2.75, 3.05) is 13.2 Å². The molecule has 0 spiro atoms. The standard InChI is InChI=1S/C12H16O/c1-2-4-11(5-3-1)8-9-13-10-12-6-7-12/h1-5,12H,6-10H2. The first-order valence-corrected chi connectivity index (χ1v) is 5.07. The largest absolute Gasteiger partial charge is 0.381 e. The second-order valence-corrected chi connectivity index (χ2v) is 3.75. The van der Waals surface area contributed by atoms with E-state index >= 15 is 0 Å². The van der Waals surface area contributed by atoms with Gasteiger partial charge in [-0.2, -0.15) is 0 Å². The molecule has 1 aliphatic carbocycles. The number of hydrogen-bond acceptors (Lipinski definition) is 1. The monoisotopic (exact) mass is 176 g/mol. The Bertz CT molecular complexity index is 239. The summed E-state index contributed by atoms with van der Waals surface area (Å²) in [6.45, 7) is 1.85. The highest BCUT2D eigenvalue weighted by Crippen LogP contribution is 2.28. The number of rotatable bonds is 5. The molecule has 1 nitrogen and oxygen atoms in total. The second kappa shape index (κ2) is 4.43. The third-order valence-corrected chi connectivity index (χ3v) is 2.43. The molecule has 0 amide bonds. The van der Waals surface area contributed by atoms with Crippen molar-refractivity contribution in [1.29, 1.82) is 0 Å². The second-order valence-electron chi connectivity index (χ2n) is 3.75. The SMILES string of the molecule is c1ccc(CCOCC2CC2)cc1. The zero-order valence-corrected chi connectivity index (χ0v) is 7.91. The molecule has 1 aliphatic rings. The van der Waals surface area contributed by atoms with E-state index in [-0.39, 0.29) is 0 Å². The average molecular weight is 176 g/mol. The van der Waals surface area contributed by atoms with Crippen LogP contribution in [0.3, 0.4) is 0 Å². The number of benzene rings is 1. The van der Waals surface area contributed by atoms with Gasteiger partial charge >= 0.3 is 0 Å². The van der Waals surface area contributed by atoms with Crippen LogP contribution in [0.1, 0.15) is 18.4 Å². The maximum Gasteiger partial charge on any atom is 0.0506 e. The highest BCUT2D eigenvalue weighted by Gasteiger charge is 2.20. The molecule has 0 aliphatic heterocycles. The summed E-state index contributed by atoms with van der Waals surface area (Å²) in [7, 11) is 0. The summed E-state index contributed by atoms with van der Waals surface area (Å²) in [5, 5.41) is 0. The lowest BCUT2D eigenvalue weighted by atomic mass is 10.2. The lowest BCUT2D eigenvalue weighted by Crippen LogP contribution is -2.01. The van der Waals surface area contributed by atoms with E-state index in [1.165, 1.54) is 18.4 Å². The molecular formula is C12H16O. The van der Waals surface area contributed by atoms with Crippen molar-refractivity contribution in [2.24, 2.45) is 5.92 Å². The van der Waals surface area contributed by atoms with Crippen LogP contribution in [0.15, 0.2) is 30.3 Å². The molecule has 0 aromatic heterocycles. The van der Waals surface area contributed by atoms with Crippen LogP contribution >= 0.6 is 0 Å². The number of ether oxygens (including phenoxy) is 1. The van der Waals surface area contributed by atoms with E-state index in [9.17, 15) is 0 Å². The van der Waals surface area contributed by atoms with Gasteiger partial charge in [0.05, 0.1) is 6.61 Å². The summed E-state index contributed by atoms with van der Waals surface area (Å²) in [6, 6.07) is 10.5. The van der Waals surface area contributed by atoms with Crippen molar-refractivity contribution in [3.63, 3.8) is 0 Å². The predicted octanol–water partition coefficient (Wildman–Crippen LogP) is 2.66. The summed E-state index contributed by atoms with van der Waals surface area (Å²) < 4.78 is 5.56. The summed E-state index contributed by atoms with van der Waals surface area (Å²) in [6.07, 6.45) is 3.81. The van der Waals surface area contributed by atoms with Crippen molar-refractivity contribution in [1.82, 2.24) is 0 Å². The van der Waals surface area contributed by atoms with E-state index in [4.69, 9.17) is 4.74 Å². The van der Waals surface area contributed by atoms with Gasteiger partial charge < -0.3 is 4.74 Å². The van der Waals surface area contributed by atoms with E-state index < -0.39 is 0 Å². The predicted molar refractivity (Wildman–Crippen MR) is 53.7 cm³/mol. The molecule has 70 valence electrons. The molecule has 1 aromatic carbocycles. The first kappa shape index (κ1) is 8.76. The van der Waals surface area contributed by atoms with Crippen molar-refractivity contribution in [3.8, 4) is 0 Å². The molecule has 1 saturated carbocycles.